The van der Waals surface area contributed by atoms with Crippen LogP contribution in [0.5, 0.6) is 0 Å². The number of aryl methyl sites for hydroxylation is 1. The average Bonchev–Trinajstić information content (AvgIpc) is 2.35. The van der Waals surface area contributed by atoms with Crippen molar-refractivity contribution >= 4 is 27.5 Å². The Bertz CT molecular complexity index is 533. The van der Waals surface area contributed by atoms with Crippen molar-refractivity contribution in [2.75, 3.05) is 17.2 Å². The smallest absolute Gasteiger partial charge is 0.240 e. The van der Waals surface area contributed by atoms with Crippen LogP contribution in [0.3, 0.4) is 0 Å². The van der Waals surface area contributed by atoms with Gasteiger partial charge in [0.15, 0.2) is 0 Å². The molecule has 0 radical (unpaired) electrons. The molecule has 0 aliphatic rings. The summed E-state index contributed by atoms with van der Waals surface area (Å²) in [6.07, 6.45) is 0.818. The number of nitrogens with one attached hydrogen (secondary N) is 1. The Morgan fingerprint density at radius 3 is 2.55 bits per heavy atom. The lowest BCUT2D eigenvalue weighted by molar-refractivity contribution is 0.557. The van der Waals surface area contributed by atoms with Gasteiger partial charge in [0.1, 0.15) is 0 Å². The van der Waals surface area contributed by atoms with Crippen LogP contribution in [-0.4, -0.2) is 26.0 Å². The number of hydrogen-bond donors (Lipinski definition) is 2. The molecule has 20 heavy (non-hydrogen) atoms. The van der Waals surface area contributed by atoms with Crippen molar-refractivity contribution in [1.29, 1.82) is 0 Å². The highest BCUT2D eigenvalue weighted by molar-refractivity contribution is 7.99. The van der Waals surface area contributed by atoms with Crippen molar-refractivity contribution in [2.24, 2.45) is 0 Å². The zero-order chi connectivity index (χ0) is 15.3. The van der Waals surface area contributed by atoms with Crippen LogP contribution in [0.2, 0.25) is 0 Å². The second kappa shape index (κ2) is 7.33. The van der Waals surface area contributed by atoms with Crippen LogP contribution in [0.1, 0.15) is 31.4 Å². The molecule has 0 bridgehead atoms. The first-order valence-corrected chi connectivity index (χ1v) is 9.38. The minimum atomic E-state index is -3.50. The standard InChI is InChI=1S/C14H24N2O2S2/c1-5-19-7-6-11(3)16-20(17,18)13-8-10(2)12(4)14(15)9-13/h8-9,11,16H,5-7,15H2,1-4H3. The monoisotopic (exact) mass is 316 g/mol. The third-order valence-corrected chi connectivity index (χ3v) is 5.75. The first kappa shape index (κ1) is 17.3. The van der Waals surface area contributed by atoms with Gasteiger partial charge in [0.25, 0.3) is 0 Å². The third-order valence-electron chi connectivity index (χ3n) is 3.25. The number of rotatable bonds is 7. The molecule has 0 amide bonds. The molecule has 114 valence electrons. The van der Waals surface area contributed by atoms with Gasteiger partial charge >= 0.3 is 0 Å². The van der Waals surface area contributed by atoms with Crippen molar-refractivity contribution in [2.45, 2.75) is 45.1 Å². The maximum Gasteiger partial charge on any atom is 0.240 e. The number of nitrogens with two attached hydrogens (primary N) is 1. The van der Waals surface area contributed by atoms with E-state index in [-0.39, 0.29) is 10.9 Å². The number of hydrogen-bond acceptors (Lipinski definition) is 4. The second-order valence-corrected chi connectivity index (χ2v) is 8.07. The first-order chi connectivity index (χ1) is 9.27. The molecule has 1 aromatic carbocycles. The maximum absolute atomic E-state index is 12.3. The summed E-state index contributed by atoms with van der Waals surface area (Å²) in [6, 6.07) is 3.11. The van der Waals surface area contributed by atoms with E-state index < -0.39 is 10.0 Å². The van der Waals surface area contributed by atoms with Gasteiger partial charge in [-0.2, -0.15) is 11.8 Å². The lowest BCUT2D eigenvalue weighted by Gasteiger charge is -2.15. The summed E-state index contributed by atoms with van der Waals surface area (Å²) in [5.74, 6) is 2.00. The summed E-state index contributed by atoms with van der Waals surface area (Å²) in [6.45, 7) is 7.74. The highest BCUT2D eigenvalue weighted by Crippen LogP contribution is 2.21. The fourth-order valence-corrected chi connectivity index (χ4v) is 4.01. The lowest BCUT2D eigenvalue weighted by Crippen LogP contribution is -2.33. The fourth-order valence-electron chi connectivity index (χ4n) is 1.80. The van der Waals surface area contributed by atoms with E-state index in [9.17, 15) is 8.42 Å². The van der Waals surface area contributed by atoms with Crippen LogP contribution in [0.25, 0.3) is 0 Å². The molecule has 1 atom stereocenters. The predicted octanol–water partition coefficient (Wildman–Crippen LogP) is 2.70. The molecular formula is C14H24N2O2S2. The molecule has 0 spiro atoms. The molecule has 6 heteroatoms. The predicted molar refractivity (Wildman–Crippen MR) is 87.7 cm³/mol. The Labute approximate surface area is 126 Å². The summed E-state index contributed by atoms with van der Waals surface area (Å²) in [4.78, 5) is 0.244. The van der Waals surface area contributed by atoms with Gasteiger partial charge in [-0.05, 0) is 62.0 Å². The van der Waals surface area contributed by atoms with Gasteiger partial charge in [0.05, 0.1) is 4.90 Å². The number of nitrogen functional groups attached to an aromatic ring is 1. The number of sulfonamides is 1. The van der Waals surface area contributed by atoms with E-state index >= 15 is 0 Å². The van der Waals surface area contributed by atoms with E-state index in [2.05, 4.69) is 11.6 Å². The molecular weight excluding hydrogens is 292 g/mol. The van der Waals surface area contributed by atoms with Crippen molar-refractivity contribution in [3.63, 3.8) is 0 Å². The quantitative estimate of drug-likeness (QED) is 0.599. The van der Waals surface area contributed by atoms with Gasteiger partial charge in [-0.25, -0.2) is 13.1 Å². The van der Waals surface area contributed by atoms with E-state index in [0.29, 0.717) is 5.69 Å². The Balaban J connectivity index is 2.84. The van der Waals surface area contributed by atoms with Crippen molar-refractivity contribution in [3.8, 4) is 0 Å². The maximum atomic E-state index is 12.3. The van der Waals surface area contributed by atoms with Gasteiger partial charge in [-0.15, -0.1) is 0 Å². The van der Waals surface area contributed by atoms with E-state index in [0.717, 1.165) is 29.1 Å². The van der Waals surface area contributed by atoms with Crippen LogP contribution >= 0.6 is 11.8 Å². The molecule has 4 nitrogen and oxygen atoms in total. The SMILES string of the molecule is CCSCCC(C)NS(=O)(=O)c1cc(C)c(C)c(N)c1. The molecule has 0 saturated heterocycles. The van der Waals surface area contributed by atoms with Crippen LogP contribution in [0.4, 0.5) is 5.69 Å². The van der Waals surface area contributed by atoms with Gasteiger partial charge in [0.2, 0.25) is 10.0 Å². The summed E-state index contributed by atoms with van der Waals surface area (Å²) in [7, 11) is -3.50. The van der Waals surface area contributed by atoms with Gasteiger partial charge < -0.3 is 5.73 Å². The number of benzene rings is 1. The molecule has 1 rings (SSSR count). The van der Waals surface area contributed by atoms with Gasteiger partial charge in [0, 0.05) is 11.7 Å². The van der Waals surface area contributed by atoms with Crippen LogP contribution in [0, 0.1) is 13.8 Å². The first-order valence-electron chi connectivity index (χ1n) is 6.74. The molecule has 0 saturated carbocycles. The summed E-state index contributed by atoms with van der Waals surface area (Å²) < 4.78 is 27.3. The lowest BCUT2D eigenvalue weighted by atomic mass is 10.1. The van der Waals surface area contributed by atoms with Crippen LogP contribution in [0.15, 0.2) is 17.0 Å². The molecule has 0 aromatic heterocycles. The average molecular weight is 316 g/mol. The number of thioether (sulfide) groups is 1. The summed E-state index contributed by atoms with van der Waals surface area (Å²) in [5, 5.41) is 0. The Hall–Kier alpha value is -0.720. The van der Waals surface area contributed by atoms with Gasteiger partial charge in [-0.1, -0.05) is 6.92 Å². The van der Waals surface area contributed by atoms with Crippen LogP contribution < -0.4 is 10.5 Å². The molecule has 0 fully saturated rings. The topological polar surface area (TPSA) is 72.2 Å². The molecule has 0 heterocycles. The van der Waals surface area contributed by atoms with E-state index in [1.807, 2.05) is 32.5 Å². The Morgan fingerprint density at radius 1 is 1.35 bits per heavy atom. The molecule has 1 unspecified atom stereocenters. The van der Waals surface area contributed by atoms with E-state index in [4.69, 9.17) is 5.73 Å². The van der Waals surface area contributed by atoms with Crippen molar-refractivity contribution in [1.82, 2.24) is 4.72 Å². The highest BCUT2D eigenvalue weighted by atomic mass is 32.2. The molecule has 0 aliphatic heterocycles. The zero-order valence-electron chi connectivity index (χ0n) is 12.6. The Kier molecular flexibility index (Phi) is 6.36. The van der Waals surface area contributed by atoms with Crippen molar-refractivity contribution in [3.05, 3.63) is 23.3 Å². The van der Waals surface area contributed by atoms with Crippen LogP contribution in [-0.2, 0) is 10.0 Å². The third kappa shape index (κ3) is 4.68. The Morgan fingerprint density at radius 2 is 2.00 bits per heavy atom. The molecule has 0 aliphatic carbocycles. The molecule has 1 aromatic rings. The summed E-state index contributed by atoms with van der Waals surface area (Å²) in [5.41, 5.74) is 8.18. The second-order valence-electron chi connectivity index (χ2n) is 4.96. The summed E-state index contributed by atoms with van der Waals surface area (Å²) >= 11 is 1.81. The normalized spacial score (nSPS) is 13.4. The minimum absolute atomic E-state index is 0.0816. The number of anilines is 1. The zero-order valence-corrected chi connectivity index (χ0v) is 14.2. The van der Waals surface area contributed by atoms with E-state index in [1.54, 1.807) is 6.07 Å². The van der Waals surface area contributed by atoms with Crippen molar-refractivity contribution < 1.29 is 8.42 Å². The van der Waals surface area contributed by atoms with E-state index in [1.165, 1.54) is 6.07 Å². The molecule has 3 N–H and O–H groups in total. The fraction of sp³-hybridized carbons (Fsp3) is 0.571. The highest BCUT2D eigenvalue weighted by Gasteiger charge is 2.18. The minimum Gasteiger partial charge on any atom is -0.398 e. The van der Waals surface area contributed by atoms with Gasteiger partial charge in [-0.3, -0.25) is 0 Å². The largest absolute Gasteiger partial charge is 0.398 e.